The van der Waals surface area contributed by atoms with Gasteiger partial charge in [0.25, 0.3) is 0 Å². The fraction of sp³-hybridized carbons (Fsp3) is 0.455. The molecule has 1 aliphatic carbocycles. The van der Waals surface area contributed by atoms with Crippen molar-refractivity contribution in [1.29, 1.82) is 0 Å². The van der Waals surface area contributed by atoms with Gasteiger partial charge in [-0.3, -0.25) is 0 Å². The maximum absolute atomic E-state index is 5.13. The number of nitrogens with zero attached hydrogens (tertiary/aromatic N) is 4. The van der Waals surface area contributed by atoms with E-state index in [-0.39, 0.29) is 0 Å². The van der Waals surface area contributed by atoms with Gasteiger partial charge in [-0.2, -0.15) is 9.97 Å². The van der Waals surface area contributed by atoms with Gasteiger partial charge >= 0.3 is 0 Å². The average molecular weight is 247 g/mol. The Kier molecular flexibility index (Phi) is 2.79. The zero-order chi connectivity index (χ0) is 12.4. The number of methoxy groups -OCH3 is 1. The largest absolute Gasteiger partial charge is 0.481 e. The molecule has 7 heteroatoms. The van der Waals surface area contributed by atoms with Crippen molar-refractivity contribution in [3.8, 4) is 5.88 Å². The summed E-state index contributed by atoms with van der Waals surface area (Å²) in [6, 6.07) is 1.68. The van der Waals surface area contributed by atoms with Gasteiger partial charge < -0.3 is 14.6 Å². The first kappa shape index (κ1) is 10.9. The molecule has 0 unspecified atom stereocenters. The predicted molar refractivity (Wildman–Crippen MR) is 62.2 cm³/mol. The maximum Gasteiger partial charge on any atom is 0.246 e. The average Bonchev–Trinajstić information content (AvgIpc) is 3.16. The van der Waals surface area contributed by atoms with Gasteiger partial charge in [-0.1, -0.05) is 5.16 Å². The molecule has 2 heterocycles. The van der Waals surface area contributed by atoms with Gasteiger partial charge in [0.2, 0.25) is 17.7 Å². The molecule has 0 aliphatic heterocycles. The van der Waals surface area contributed by atoms with Crippen molar-refractivity contribution in [2.24, 2.45) is 0 Å². The third-order valence-electron chi connectivity index (χ3n) is 2.66. The van der Waals surface area contributed by atoms with E-state index in [0.29, 0.717) is 30.2 Å². The Morgan fingerprint density at radius 3 is 3.11 bits per heavy atom. The van der Waals surface area contributed by atoms with Crippen LogP contribution in [0.15, 0.2) is 16.8 Å². The Balaban J connectivity index is 1.61. The second kappa shape index (κ2) is 4.59. The predicted octanol–water partition coefficient (Wildman–Crippen LogP) is 1.36. The van der Waals surface area contributed by atoms with Crippen LogP contribution in [0.3, 0.4) is 0 Å². The topological polar surface area (TPSA) is 86.0 Å². The van der Waals surface area contributed by atoms with Gasteiger partial charge in [0.15, 0.2) is 5.82 Å². The Morgan fingerprint density at radius 1 is 1.44 bits per heavy atom. The molecule has 0 bridgehead atoms. The number of hydrogen-bond donors (Lipinski definition) is 1. The molecular weight excluding hydrogens is 234 g/mol. The Morgan fingerprint density at radius 2 is 2.33 bits per heavy atom. The molecular formula is C11H13N5O2. The van der Waals surface area contributed by atoms with E-state index in [2.05, 4.69) is 25.4 Å². The Hall–Kier alpha value is -2.18. The highest BCUT2D eigenvalue weighted by Crippen LogP contribution is 2.38. The van der Waals surface area contributed by atoms with Crippen molar-refractivity contribution in [3.05, 3.63) is 24.0 Å². The molecule has 1 aliphatic rings. The number of hydrogen-bond acceptors (Lipinski definition) is 7. The molecule has 94 valence electrons. The van der Waals surface area contributed by atoms with Crippen LogP contribution in [0.4, 0.5) is 5.95 Å². The summed E-state index contributed by atoms with van der Waals surface area (Å²) in [5, 5.41) is 6.94. The van der Waals surface area contributed by atoms with Gasteiger partial charge in [-0.15, -0.1) is 0 Å². The molecule has 0 saturated heterocycles. The van der Waals surface area contributed by atoms with Gasteiger partial charge in [0.1, 0.15) is 0 Å². The molecule has 1 fully saturated rings. The molecule has 0 aromatic carbocycles. The highest BCUT2D eigenvalue weighted by molar-refractivity contribution is 5.27. The van der Waals surface area contributed by atoms with E-state index in [1.165, 1.54) is 0 Å². The quantitative estimate of drug-likeness (QED) is 0.853. The van der Waals surface area contributed by atoms with Crippen LogP contribution in [-0.4, -0.2) is 27.2 Å². The third-order valence-corrected chi connectivity index (χ3v) is 2.66. The standard InChI is InChI=1S/C11H13N5O2/c1-17-8-4-5-12-11(15-8)13-6-9-14-10(16-18-9)7-2-3-7/h4-5,7H,2-3,6H2,1H3,(H,12,13,15). The maximum atomic E-state index is 5.13. The molecule has 0 amide bonds. The van der Waals surface area contributed by atoms with E-state index in [4.69, 9.17) is 9.26 Å². The Labute approximate surface area is 104 Å². The number of ether oxygens (including phenoxy) is 1. The van der Waals surface area contributed by atoms with E-state index >= 15 is 0 Å². The van der Waals surface area contributed by atoms with Crippen molar-refractivity contribution in [2.75, 3.05) is 12.4 Å². The Bertz CT molecular complexity index is 538. The van der Waals surface area contributed by atoms with Crippen molar-refractivity contribution in [3.63, 3.8) is 0 Å². The minimum absolute atomic E-state index is 0.410. The number of nitrogens with one attached hydrogen (secondary N) is 1. The number of anilines is 1. The lowest BCUT2D eigenvalue weighted by Gasteiger charge is -2.02. The van der Waals surface area contributed by atoms with E-state index in [9.17, 15) is 0 Å². The van der Waals surface area contributed by atoms with Gasteiger partial charge in [-0.25, -0.2) is 4.98 Å². The van der Waals surface area contributed by atoms with E-state index in [1.54, 1.807) is 19.4 Å². The summed E-state index contributed by atoms with van der Waals surface area (Å²) in [6.45, 7) is 0.410. The van der Waals surface area contributed by atoms with Crippen LogP contribution in [0.1, 0.15) is 30.5 Å². The summed E-state index contributed by atoms with van der Waals surface area (Å²) < 4.78 is 10.1. The van der Waals surface area contributed by atoms with Crippen molar-refractivity contribution >= 4 is 5.95 Å². The summed E-state index contributed by atoms with van der Waals surface area (Å²) in [7, 11) is 1.56. The summed E-state index contributed by atoms with van der Waals surface area (Å²) in [5.41, 5.74) is 0. The fourth-order valence-electron chi connectivity index (χ4n) is 1.54. The van der Waals surface area contributed by atoms with Crippen LogP contribution in [0.25, 0.3) is 0 Å². The molecule has 0 radical (unpaired) electrons. The van der Waals surface area contributed by atoms with E-state index < -0.39 is 0 Å². The van der Waals surface area contributed by atoms with Crippen molar-refractivity contribution in [1.82, 2.24) is 20.1 Å². The first-order valence-corrected chi connectivity index (χ1v) is 5.78. The summed E-state index contributed by atoms with van der Waals surface area (Å²) in [4.78, 5) is 12.5. The molecule has 0 atom stereocenters. The smallest absolute Gasteiger partial charge is 0.246 e. The molecule has 1 saturated carbocycles. The van der Waals surface area contributed by atoms with Crippen LogP contribution in [-0.2, 0) is 6.54 Å². The fourth-order valence-corrected chi connectivity index (χ4v) is 1.54. The number of aromatic nitrogens is 4. The molecule has 3 rings (SSSR count). The van der Waals surface area contributed by atoms with Gasteiger partial charge in [-0.05, 0) is 12.8 Å². The zero-order valence-corrected chi connectivity index (χ0v) is 9.96. The molecule has 0 spiro atoms. The molecule has 1 N–H and O–H groups in total. The van der Waals surface area contributed by atoms with Crippen LogP contribution < -0.4 is 10.1 Å². The summed E-state index contributed by atoms with van der Waals surface area (Å²) >= 11 is 0. The van der Waals surface area contributed by atoms with Crippen LogP contribution in [0.2, 0.25) is 0 Å². The molecule has 2 aromatic heterocycles. The van der Waals surface area contributed by atoms with Gasteiger partial charge in [0, 0.05) is 18.2 Å². The summed E-state index contributed by atoms with van der Waals surface area (Å²) in [5.74, 6) is 2.83. The first-order chi connectivity index (χ1) is 8.85. The highest BCUT2D eigenvalue weighted by Gasteiger charge is 2.28. The SMILES string of the molecule is COc1ccnc(NCc2nc(C3CC3)no2)n1. The lowest BCUT2D eigenvalue weighted by Crippen LogP contribution is -2.04. The second-order valence-corrected chi connectivity index (χ2v) is 4.10. The minimum Gasteiger partial charge on any atom is -0.481 e. The highest BCUT2D eigenvalue weighted by atomic mass is 16.5. The monoisotopic (exact) mass is 247 g/mol. The van der Waals surface area contributed by atoms with Crippen molar-refractivity contribution in [2.45, 2.75) is 25.3 Å². The third kappa shape index (κ3) is 2.39. The normalized spacial score (nSPS) is 14.5. The van der Waals surface area contributed by atoms with Crippen LogP contribution >= 0.6 is 0 Å². The van der Waals surface area contributed by atoms with E-state index in [0.717, 1.165) is 18.7 Å². The second-order valence-electron chi connectivity index (χ2n) is 4.10. The molecule has 2 aromatic rings. The minimum atomic E-state index is 0.410. The van der Waals surface area contributed by atoms with Crippen molar-refractivity contribution < 1.29 is 9.26 Å². The lowest BCUT2D eigenvalue weighted by molar-refractivity contribution is 0.377. The molecule has 18 heavy (non-hydrogen) atoms. The van der Waals surface area contributed by atoms with Crippen LogP contribution in [0, 0.1) is 0 Å². The first-order valence-electron chi connectivity index (χ1n) is 5.78. The van der Waals surface area contributed by atoms with Crippen LogP contribution in [0.5, 0.6) is 5.88 Å². The number of rotatable bonds is 5. The zero-order valence-electron chi connectivity index (χ0n) is 9.96. The lowest BCUT2D eigenvalue weighted by atomic mass is 10.4. The summed E-state index contributed by atoms with van der Waals surface area (Å²) in [6.07, 6.45) is 3.94. The van der Waals surface area contributed by atoms with E-state index in [1.807, 2.05) is 0 Å². The van der Waals surface area contributed by atoms with Gasteiger partial charge in [0.05, 0.1) is 13.7 Å². The molecule has 7 nitrogen and oxygen atoms in total.